The molecule has 0 aliphatic heterocycles. The van der Waals surface area contributed by atoms with Crippen molar-refractivity contribution in [3.63, 3.8) is 0 Å². The molecule has 0 spiro atoms. The summed E-state index contributed by atoms with van der Waals surface area (Å²) in [6.07, 6.45) is 1.97. The van der Waals surface area contributed by atoms with Crippen molar-refractivity contribution in [2.75, 3.05) is 0 Å². The second kappa shape index (κ2) is 8.28. The molecule has 0 bridgehead atoms. The molecular weight excluding hydrogens is 198 g/mol. The van der Waals surface area contributed by atoms with Gasteiger partial charge in [0.25, 0.3) is 0 Å². The number of carbonyl (C=O) groups excluding carboxylic acids is 1. The standard InChI is InChI=1S/C8H6ClN.C3H6O/c9-8-3-1-7(2-4-8)5-6-10;1-2-3-4/h1-4H,5H2;3H,2H2,1H3. The first kappa shape index (κ1) is 12.7. The van der Waals surface area contributed by atoms with Crippen molar-refractivity contribution in [1.82, 2.24) is 0 Å². The molecule has 0 unspecified atom stereocenters. The van der Waals surface area contributed by atoms with Crippen LogP contribution in [0.1, 0.15) is 18.9 Å². The molecule has 1 rings (SSSR count). The van der Waals surface area contributed by atoms with Crippen LogP contribution in [0.25, 0.3) is 0 Å². The van der Waals surface area contributed by atoms with Crippen LogP contribution in [0.5, 0.6) is 0 Å². The number of carbonyl (C=O) groups is 1. The zero-order chi connectivity index (χ0) is 10.8. The summed E-state index contributed by atoms with van der Waals surface area (Å²) in [4.78, 5) is 9.17. The smallest absolute Gasteiger partial charge is 0.119 e. The summed E-state index contributed by atoms with van der Waals surface area (Å²) in [5.41, 5.74) is 1.01. The van der Waals surface area contributed by atoms with Crippen molar-refractivity contribution in [3.8, 4) is 6.07 Å². The van der Waals surface area contributed by atoms with Crippen LogP contribution in [0.3, 0.4) is 0 Å². The molecule has 0 aliphatic rings. The van der Waals surface area contributed by atoms with Gasteiger partial charge in [0.2, 0.25) is 0 Å². The molecule has 0 saturated carbocycles. The van der Waals surface area contributed by atoms with Gasteiger partial charge in [0.05, 0.1) is 12.5 Å². The van der Waals surface area contributed by atoms with E-state index in [4.69, 9.17) is 16.9 Å². The fraction of sp³-hybridized carbons (Fsp3) is 0.273. The maximum atomic E-state index is 9.17. The maximum Gasteiger partial charge on any atom is 0.119 e. The minimum absolute atomic E-state index is 0.456. The van der Waals surface area contributed by atoms with E-state index in [-0.39, 0.29) is 0 Å². The Bertz CT molecular complexity index is 300. The summed E-state index contributed by atoms with van der Waals surface area (Å²) in [5.74, 6) is 0. The normalized spacial score (nSPS) is 8.07. The van der Waals surface area contributed by atoms with Crippen molar-refractivity contribution in [3.05, 3.63) is 34.9 Å². The molecule has 2 nitrogen and oxygen atoms in total. The molecule has 0 amide bonds. The first-order valence-corrected chi connectivity index (χ1v) is 4.67. The van der Waals surface area contributed by atoms with Crippen molar-refractivity contribution >= 4 is 17.9 Å². The number of nitriles is 1. The molecular formula is C11H12ClNO. The number of hydrogen-bond donors (Lipinski definition) is 0. The van der Waals surface area contributed by atoms with Gasteiger partial charge in [-0.2, -0.15) is 5.26 Å². The van der Waals surface area contributed by atoms with Gasteiger partial charge < -0.3 is 4.79 Å². The lowest BCUT2D eigenvalue weighted by molar-refractivity contribution is -0.107. The fourth-order valence-electron chi connectivity index (χ4n) is 0.694. The summed E-state index contributed by atoms with van der Waals surface area (Å²) in [7, 11) is 0. The van der Waals surface area contributed by atoms with Gasteiger partial charge >= 0.3 is 0 Å². The number of benzene rings is 1. The van der Waals surface area contributed by atoms with Crippen LogP contribution >= 0.6 is 11.6 Å². The second-order valence-electron chi connectivity index (χ2n) is 2.54. The molecule has 1 aromatic carbocycles. The Morgan fingerprint density at radius 2 is 1.93 bits per heavy atom. The van der Waals surface area contributed by atoms with Crippen LogP contribution < -0.4 is 0 Å². The second-order valence-corrected chi connectivity index (χ2v) is 2.97. The minimum Gasteiger partial charge on any atom is -0.303 e. The lowest BCUT2D eigenvalue weighted by Gasteiger charge is -1.91. The number of nitrogens with zero attached hydrogens (tertiary/aromatic N) is 1. The van der Waals surface area contributed by atoms with Gasteiger partial charge in [0, 0.05) is 11.4 Å². The van der Waals surface area contributed by atoms with Crippen LogP contribution in [-0.4, -0.2) is 6.29 Å². The van der Waals surface area contributed by atoms with Crippen molar-refractivity contribution in [1.29, 1.82) is 5.26 Å². The van der Waals surface area contributed by atoms with E-state index in [0.717, 1.165) is 11.8 Å². The highest BCUT2D eigenvalue weighted by atomic mass is 35.5. The Balaban J connectivity index is 0.000000364. The van der Waals surface area contributed by atoms with E-state index in [1.165, 1.54) is 0 Å². The summed E-state index contributed by atoms with van der Waals surface area (Å²) < 4.78 is 0. The summed E-state index contributed by atoms with van der Waals surface area (Å²) >= 11 is 5.63. The molecule has 0 saturated heterocycles. The highest BCUT2D eigenvalue weighted by Gasteiger charge is 1.89. The Kier molecular flexibility index (Phi) is 7.49. The van der Waals surface area contributed by atoms with E-state index in [1.807, 2.05) is 19.1 Å². The van der Waals surface area contributed by atoms with E-state index in [9.17, 15) is 4.79 Å². The predicted octanol–water partition coefficient (Wildman–Crippen LogP) is 3.00. The lowest BCUT2D eigenvalue weighted by atomic mass is 10.2. The number of halogens is 1. The molecule has 0 N–H and O–H groups in total. The van der Waals surface area contributed by atoms with Gasteiger partial charge in [-0.25, -0.2) is 0 Å². The van der Waals surface area contributed by atoms with Gasteiger partial charge in [-0.05, 0) is 17.7 Å². The maximum absolute atomic E-state index is 9.17. The molecule has 14 heavy (non-hydrogen) atoms. The van der Waals surface area contributed by atoms with Gasteiger partial charge in [-0.3, -0.25) is 0 Å². The molecule has 0 fully saturated rings. The summed E-state index contributed by atoms with van der Waals surface area (Å²) in [6.45, 7) is 1.81. The molecule has 0 radical (unpaired) electrons. The topological polar surface area (TPSA) is 40.9 Å². The third-order valence-corrected chi connectivity index (χ3v) is 1.62. The number of aldehydes is 1. The first-order chi connectivity index (χ1) is 6.74. The lowest BCUT2D eigenvalue weighted by Crippen LogP contribution is -1.78. The zero-order valence-electron chi connectivity index (χ0n) is 8.03. The largest absolute Gasteiger partial charge is 0.303 e. The van der Waals surface area contributed by atoms with Gasteiger partial charge in [0.15, 0.2) is 0 Å². The molecule has 0 heterocycles. The van der Waals surface area contributed by atoms with E-state index in [2.05, 4.69) is 6.07 Å². The van der Waals surface area contributed by atoms with Crippen molar-refractivity contribution < 1.29 is 4.79 Å². The predicted molar refractivity (Wildman–Crippen MR) is 57.1 cm³/mol. The molecule has 0 aliphatic carbocycles. The van der Waals surface area contributed by atoms with Gasteiger partial charge in [-0.1, -0.05) is 30.7 Å². The quantitative estimate of drug-likeness (QED) is 0.703. The third-order valence-electron chi connectivity index (χ3n) is 1.36. The zero-order valence-corrected chi connectivity index (χ0v) is 8.79. The van der Waals surface area contributed by atoms with Crippen molar-refractivity contribution in [2.24, 2.45) is 0 Å². The Hall–Kier alpha value is -1.33. The van der Waals surface area contributed by atoms with Gasteiger partial charge in [0.1, 0.15) is 6.29 Å². The first-order valence-electron chi connectivity index (χ1n) is 4.29. The van der Waals surface area contributed by atoms with E-state index >= 15 is 0 Å². The molecule has 3 heteroatoms. The SMILES string of the molecule is CCC=O.N#CCc1ccc(Cl)cc1. The highest BCUT2D eigenvalue weighted by molar-refractivity contribution is 6.30. The molecule has 0 aromatic heterocycles. The highest BCUT2D eigenvalue weighted by Crippen LogP contribution is 2.09. The van der Waals surface area contributed by atoms with Crippen molar-refractivity contribution in [2.45, 2.75) is 19.8 Å². The number of hydrogen-bond acceptors (Lipinski definition) is 2. The van der Waals surface area contributed by atoms with Crippen LogP contribution in [0.4, 0.5) is 0 Å². The minimum atomic E-state index is 0.456. The number of rotatable bonds is 2. The monoisotopic (exact) mass is 209 g/mol. The molecule has 0 atom stereocenters. The van der Waals surface area contributed by atoms with Crippen LogP contribution in [0.15, 0.2) is 24.3 Å². The average molecular weight is 210 g/mol. The van der Waals surface area contributed by atoms with Gasteiger partial charge in [-0.15, -0.1) is 0 Å². The molecule has 1 aromatic rings. The summed E-state index contributed by atoms with van der Waals surface area (Å²) in [6, 6.07) is 9.34. The summed E-state index contributed by atoms with van der Waals surface area (Å²) in [5, 5.41) is 9.02. The van der Waals surface area contributed by atoms with Crippen LogP contribution in [-0.2, 0) is 11.2 Å². The Labute approximate surface area is 89.1 Å². The third kappa shape index (κ3) is 6.22. The van der Waals surface area contributed by atoms with E-state index in [1.54, 1.807) is 12.1 Å². The van der Waals surface area contributed by atoms with E-state index in [0.29, 0.717) is 17.9 Å². The average Bonchev–Trinajstić information content (AvgIpc) is 2.22. The molecule has 74 valence electrons. The Morgan fingerprint density at radius 3 is 2.29 bits per heavy atom. The van der Waals surface area contributed by atoms with Crippen LogP contribution in [0, 0.1) is 11.3 Å². The fourth-order valence-corrected chi connectivity index (χ4v) is 0.820. The van der Waals surface area contributed by atoms with E-state index < -0.39 is 0 Å². The Morgan fingerprint density at radius 1 is 1.43 bits per heavy atom. The van der Waals surface area contributed by atoms with Crippen LogP contribution in [0.2, 0.25) is 5.02 Å².